The Bertz CT molecular complexity index is 1740. The van der Waals surface area contributed by atoms with Crippen molar-refractivity contribution in [2.45, 2.75) is 26.4 Å². The average molecular weight is 593 g/mol. The highest BCUT2D eigenvalue weighted by Crippen LogP contribution is 2.34. The van der Waals surface area contributed by atoms with Crippen LogP contribution < -0.4 is 19.7 Å². The molecule has 226 valence electrons. The number of hydrogen-bond donors (Lipinski definition) is 2. The number of aromatic nitrogens is 4. The van der Waals surface area contributed by atoms with Crippen molar-refractivity contribution in [3.05, 3.63) is 96.5 Å². The van der Waals surface area contributed by atoms with Crippen molar-refractivity contribution in [1.82, 2.24) is 25.1 Å². The zero-order chi connectivity index (χ0) is 31.1. The van der Waals surface area contributed by atoms with E-state index in [2.05, 4.69) is 46.3 Å². The lowest BCUT2D eigenvalue weighted by Crippen LogP contribution is -2.32. The summed E-state index contributed by atoms with van der Waals surface area (Å²) in [5.74, 6) is 0.457. The second kappa shape index (κ2) is 13.8. The molecule has 0 spiro atoms. The summed E-state index contributed by atoms with van der Waals surface area (Å²) in [5, 5.41) is 16.9. The third-order valence-electron chi connectivity index (χ3n) is 7.05. The highest BCUT2D eigenvalue weighted by molar-refractivity contribution is 5.85. The van der Waals surface area contributed by atoms with Gasteiger partial charge in [-0.15, -0.1) is 0 Å². The van der Waals surface area contributed by atoms with Crippen molar-refractivity contribution >= 4 is 34.5 Å². The number of carboxylic acid groups (broad SMARTS) is 1. The third kappa shape index (κ3) is 7.59. The maximum atomic E-state index is 10.8. The van der Waals surface area contributed by atoms with Crippen LogP contribution in [-0.4, -0.2) is 64.2 Å². The standard InChI is InChI=1S/C34H36N6O4/c1-23(2)35-13-14-40(28-15-29(43-3)18-30(16-28)44-4)27-10-11-31-32(17-27)38-33(20-36-31)26-19-37-39(22-26)21-25-7-5-24(6-8-25)9-12-34(41)42/h5-12,15-20,22-23,35H,13-14,21H2,1-4H3,(H,41,42)/b12-9+. The van der Waals surface area contributed by atoms with Crippen molar-refractivity contribution in [2.75, 3.05) is 32.2 Å². The van der Waals surface area contributed by atoms with Gasteiger partial charge >= 0.3 is 5.97 Å². The fourth-order valence-electron chi connectivity index (χ4n) is 4.80. The number of nitrogens with one attached hydrogen (secondary N) is 1. The van der Waals surface area contributed by atoms with E-state index in [4.69, 9.17) is 19.6 Å². The molecule has 2 N–H and O–H groups in total. The monoisotopic (exact) mass is 592 g/mol. The number of nitrogens with zero attached hydrogens (tertiary/aromatic N) is 5. The molecule has 0 radical (unpaired) electrons. The molecule has 5 aromatic rings. The van der Waals surface area contributed by atoms with E-state index in [9.17, 15) is 4.79 Å². The highest BCUT2D eigenvalue weighted by Gasteiger charge is 2.15. The van der Waals surface area contributed by atoms with Crippen LogP contribution in [0.1, 0.15) is 25.0 Å². The van der Waals surface area contributed by atoms with Crippen LogP contribution >= 0.6 is 0 Å². The second-order valence-electron chi connectivity index (χ2n) is 10.6. The first kappa shape index (κ1) is 30.2. The normalized spacial score (nSPS) is 11.4. The summed E-state index contributed by atoms with van der Waals surface area (Å²) in [4.78, 5) is 22.6. The van der Waals surface area contributed by atoms with Crippen molar-refractivity contribution in [1.29, 1.82) is 0 Å². The van der Waals surface area contributed by atoms with E-state index >= 15 is 0 Å². The molecule has 5 rings (SSSR count). The number of carbonyl (C=O) groups is 1. The van der Waals surface area contributed by atoms with Gasteiger partial charge in [-0.05, 0) is 35.4 Å². The summed E-state index contributed by atoms with van der Waals surface area (Å²) in [5.41, 5.74) is 6.95. The molecule has 0 saturated carbocycles. The molecule has 3 aromatic carbocycles. The molecular weight excluding hydrogens is 556 g/mol. The Morgan fingerprint density at radius 1 is 0.977 bits per heavy atom. The summed E-state index contributed by atoms with van der Waals surface area (Å²) in [6.45, 7) is 6.33. The topological polar surface area (TPSA) is 115 Å². The Labute approximate surface area is 256 Å². The molecule has 2 heterocycles. The van der Waals surface area contributed by atoms with Gasteiger partial charge in [0.25, 0.3) is 0 Å². The molecule has 10 nitrogen and oxygen atoms in total. The van der Waals surface area contributed by atoms with Crippen LogP contribution in [0.15, 0.2) is 85.3 Å². The minimum atomic E-state index is -0.972. The van der Waals surface area contributed by atoms with Crippen LogP contribution in [0.4, 0.5) is 11.4 Å². The van der Waals surface area contributed by atoms with Crippen molar-refractivity contribution in [3.63, 3.8) is 0 Å². The summed E-state index contributed by atoms with van der Waals surface area (Å²) in [7, 11) is 3.30. The molecule has 0 fully saturated rings. The summed E-state index contributed by atoms with van der Waals surface area (Å²) >= 11 is 0. The lowest BCUT2D eigenvalue weighted by Gasteiger charge is -2.27. The van der Waals surface area contributed by atoms with Gasteiger partial charge in [0.1, 0.15) is 11.5 Å². The van der Waals surface area contributed by atoms with E-state index in [-0.39, 0.29) is 0 Å². The third-order valence-corrected chi connectivity index (χ3v) is 7.05. The van der Waals surface area contributed by atoms with E-state index in [0.29, 0.717) is 24.1 Å². The number of ether oxygens (including phenoxy) is 2. The van der Waals surface area contributed by atoms with E-state index in [0.717, 1.165) is 64.0 Å². The van der Waals surface area contributed by atoms with Gasteiger partial charge in [-0.25, -0.2) is 9.78 Å². The van der Waals surface area contributed by atoms with Gasteiger partial charge in [0.05, 0.1) is 49.9 Å². The Balaban J connectivity index is 1.41. The molecule has 0 amide bonds. The van der Waals surface area contributed by atoms with E-state index < -0.39 is 5.97 Å². The quantitative estimate of drug-likeness (QED) is 0.164. The Morgan fingerprint density at radius 3 is 2.41 bits per heavy atom. The van der Waals surface area contributed by atoms with Crippen LogP contribution in [0.2, 0.25) is 0 Å². The Morgan fingerprint density at radius 2 is 1.73 bits per heavy atom. The van der Waals surface area contributed by atoms with Gasteiger partial charge in [-0.3, -0.25) is 9.67 Å². The summed E-state index contributed by atoms with van der Waals surface area (Å²) < 4.78 is 12.9. The predicted octanol–water partition coefficient (Wildman–Crippen LogP) is 5.79. The summed E-state index contributed by atoms with van der Waals surface area (Å²) in [6.07, 6.45) is 8.20. The minimum Gasteiger partial charge on any atom is -0.497 e. The minimum absolute atomic E-state index is 0.364. The number of anilines is 2. The van der Waals surface area contributed by atoms with E-state index in [1.165, 1.54) is 0 Å². The largest absolute Gasteiger partial charge is 0.497 e. The molecule has 10 heteroatoms. The van der Waals surface area contributed by atoms with Crippen molar-refractivity contribution < 1.29 is 19.4 Å². The lowest BCUT2D eigenvalue weighted by molar-refractivity contribution is -0.131. The zero-order valence-electron chi connectivity index (χ0n) is 25.3. The van der Waals surface area contributed by atoms with Crippen molar-refractivity contribution in [3.8, 4) is 22.8 Å². The molecule has 44 heavy (non-hydrogen) atoms. The fraction of sp³-hybridized carbons (Fsp3) is 0.235. The van der Waals surface area contributed by atoms with Crippen LogP contribution in [0.25, 0.3) is 28.4 Å². The molecule has 2 aromatic heterocycles. The van der Waals surface area contributed by atoms with Gasteiger partial charge in [0.2, 0.25) is 0 Å². The van der Waals surface area contributed by atoms with Gasteiger partial charge in [-0.1, -0.05) is 38.1 Å². The number of carboxylic acids is 1. The Hall–Kier alpha value is -5.22. The smallest absolute Gasteiger partial charge is 0.328 e. The first-order chi connectivity index (χ1) is 21.3. The van der Waals surface area contributed by atoms with Crippen LogP contribution in [0.5, 0.6) is 11.5 Å². The van der Waals surface area contributed by atoms with Gasteiger partial charge in [-0.2, -0.15) is 5.10 Å². The molecule has 0 saturated heterocycles. The number of aliphatic carboxylic acids is 1. The number of rotatable bonds is 13. The van der Waals surface area contributed by atoms with Gasteiger partial charge in [0.15, 0.2) is 0 Å². The first-order valence-corrected chi connectivity index (χ1v) is 14.3. The zero-order valence-corrected chi connectivity index (χ0v) is 25.3. The molecular formula is C34H36N6O4. The average Bonchev–Trinajstić information content (AvgIpc) is 3.50. The van der Waals surface area contributed by atoms with Crippen LogP contribution in [0.3, 0.4) is 0 Å². The SMILES string of the molecule is COc1cc(OC)cc(N(CCNC(C)C)c2ccc3ncc(-c4cnn(Cc5ccc(/C=C/C(=O)O)cc5)c4)nc3c2)c1. The van der Waals surface area contributed by atoms with Crippen molar-refractivity contribution in [2.24, 2.45) is 0 Å². The highest BCUT2D eigenvalue weighted by atomic mass is 16.5. The maximum Gasteiger partial charge on any atom is 0.328 e. The van der Waals surface area contributed by atoms with Gasteiger partial charge in [0, 0.05) is 66.5 Å². The van der Waals surface area contributed by atoms with Gasteiger partial charge < -0.3 is 24.8 Å². The molecule has 0 unspecified atom stereocenters. The molecule has 0 bridgehead atoms. The molecule has 0 aliphatic heterocycles. The second-order valence-corrected chi connectivity index (χ2v) is 10.6. The number of hydrogen-bond acceptors (Lipinski definition) is 8. The number of benzene rings is 3. The number of fused-ring (bicyclic) bond motifs is 1. The number of methoxy groups -OCH3 is 2. The summed E-state index contributed by atoms with van der Waals surface area (Å²) in [6, 6.07) is 20.0. The maximum absolute atomic E-state index is 10.8. The first-order valence-electron chi connectivity index (χ1n) is 14.3. The Kier molecular flexibility index (Phi) is 9.51. The van der Waals surface area contributed by atoms with E-state index in [1.54, 1.807) is 32.7 Å². The molecule has 0 aliphatic carbocycles. The van der Waals surface area contributed by atoms with E-state index in [1.807, 2.05) is 59.4 Å². The molecule has 0 atom stereocenters. The fourth-order valence-corrected chi connectivity index (χ4v) is 4.80. The molecule has 0 aliphatic rings. The van der Waals surface area contributed by atoms with Crippen LogP contribution in [0, 0.1) is 0 Å². The van der Waals surface area contributed by atoms with Crippen LogP contribution in [-0.2, 0) is 11.3 Å². The lowest BCUT2D eigenvalue weighted by atomic mass is 10.1. The predicted molar refractivity (Wildman–Crippen MR) is 173 cm³/mol.